The van der Waals surface area contributed by atoms with Gasteiger partial charge in [-0.15, -0.1) is 11.3 Å². The summed E-state index contributed by atoms with van der Waals surface area (Å²) in [6, 6.07) is 10.5. The maximum Gasteiger partial charge on any atom is 0.0672 e. The highest BCUT2D eigenvalue weighted by molar-refractivity contribution is 9.10. The number of benzene rings is 1. The first kappa shape index (κ1) is 15.0. The molecular weight excluding hydrogens is 342 g/mol. The molecule has 4 heteroatoms. The van der Waals surface area contributed by atoms with E-state index in [1.807, 2.05) is 29.5 Å². The molecule has 0 saturated heterocycles. The van der Waals surface area contributed by atoms with E-state index in [1.54, 1.807) is 0 Å². The predicted molar refractivity (Wildman–Crippen MR) is 88.3 cm³/mol. The minimum absolute atomic E-state index is 0.216. The van der Waals surface area contributed by atoms with E-state index in [0.29, 0.717) is 0 Å². The molecule has 0 saturated carbocycles. The van der Waals surface area contributed by atoms with Gasteiger partial charge in [-0.05, 0) is 59.6 Å². The summed E-state index contributed by atoms with van der Waals surface area (Å²) in [4.78, 5) is 2.63. The first-order chi connectivity index (χ1) is 9.11. The molecule has 0 aliphatic carbocycles. The summed E-state index contributed by atoms with van der Waals surface area (Å²) in [5.74, 6) is 0. The summed E-state index contributed by atoms with van der Waals surface area (Å²) in [6.07, 6.45) is 1.11. The van der Waals surface area contributed by atoms with Crippen LogP contribution in [-0.4, -0.2) is 6.54 Å². The minimum atomic E-state index is 0.216. The standard InChI is InChI=1S/C15H17BrClNS/c1-3-7-18-15(11-5-4-6-12(17)8-11)14-9-13(16)10(2)19-14/h4-6,8-9,15,18H,3,7H2,1-2H3. The Morgan fingerprint density at radius 2 is 2.16 bits per heavy atom. The van der Waals surface area contributed by atoms with Crippen LogP contribution in [0.25, 0.3) is 0 Å². The van der Waals surface area contributed by atoms with E-state index in [4.69, 9.17) is 11.6 Å². The Labute approximate surface area is 132 Å². The molecule has 1 aromatic heterocycles. The SMILES string of the molecule is CCCNC(c1cccc(Cl)c1)c1cc(Br)c(C)s1. The van der Waals surface area contributed by atoms with E-state index < -0.39 is 0 Å². The monoisotopic (exact) mass is 357 g/mol. The number of thiophene rings is 1. The van der Waals surface area contributed by atoms with Gasteiger partial charge in [-0.3, -0.25) is 0 Å². The van der Waals surface area contributed by atoms with E-state index in [2.05, 4.69) is 47.2 Å². The average molecular weight is 359 g/mol. The lowest BCUT2D eigenvalue weighted by molar-refractivity contribution is 0.606. The van der Waals surface area contributed by atoms with Crippen molar-refractivity contribution in [2.75, 3.05) is 6.54 Å². The summed E-state index contributed by atoms with van der Waals surface area (Å²) >= 11 is 11.5. The molecule has 1 atom stereocenters. The van der Waals surface area contributed by atoms with Gasteiger partial charge >= 0.3 is 0 Å². The quantitative estimate of drug-likeness (QED) is 0.737. The second kappa shape index (κ2) is 6.89. The van der Waals surface area contributed by atoms with Crippen molar-refractivity contribution in [2.45, 2.75) is 26.3 Å². The molecule has 102 valence electrons. The Bertz CT molecular complexity index is 533. The molecule has 0 aliphatic heterocycles. The van der Waals surface area contributed by atoms with Gasteiger partial charge < -0.3 is 5.32 Å². The number of hydrogen-bond donors (Lipinski definition) is 1. The van der Waals surface area contributed by atoms with Crippen molar-refractivity contribution in [3.05, 3.63) is 55.1 Å². The average Bonchev–Trinajstić information content (AvgIpc) is 2.70. The first-order valence-corrected chi connectivity index (χ1v) is 8.35. The number of rotatable bonds is 5. The highest BCUT2D eigenvalue weighted by atomic mass is 79.9. The van der Waals surface area contributed by atoms with Crippen LogP contribution >= 0.6 is 38.9 Å². The molecular formula is C15H17BrClNS. The fourth-order valence-electron chi connectivity index (χ4n) is 1.98. The van der Waals surface area contributed by atoms with Gasteiger partial charge in [0.15, 0.2) is 0 Å². The summed E-state index contributed by atoms with van der Waals surface area (Å²) in [5.41, 5.74) is 1.22. The molecule has 0 fully saturated rings. The molecule has 2 aromatic rings. The number of halogens is 2. The first-order valence-electron chi connectivity index (χ1n) is 6.36. The maximum atomic E-state index is 6.11. The van der Waals surface area contributed by atoms with E-state index in [9.17, 15) is 0 Å². The van der Waals surface area contributed by atoms with Crippen molar-refractivity contribution in [3.8, 4) is 0 Å². The zero-order chi connectivity index (χ0) is 13.8. The summed E-state index contributed by atoms with van der Waals surface area (Å²) in [7, 11) is 0. The van der Waals surface area contributed by atoms with Gasteiger partial charge in [0.1, 0.15) is 0 Å². The number of nitrogens with one attached hydrogen (secondary N) is 1. The van der Waals surface area contributed by atoms with Crippen molar-refractivity contribution in [2.24, 2.45) is 0 Å². The van der Waals surface area contributed by atoms with Gasteiger partial charge in [0.2, 0.25) is 0 Å². The molecule has 0 spiro atoms. The lowest BCUT2D eigenvalue weighted by Crippen LogP contribution is -2.22. The van der Waals surface area contributed by atoms with Crippen LogP contribution in [0.4, 0.5) is 0 Å². The van der Waals surface area contributed by atoms with E-state index in [-0.39, 0.29) is 6.04 Å². The molecule has 1 unspecified atom stereocenters. The zero-order valence-electron chi connectivity index (χ0n) is 11.0. The van der Waals surface area contributed by atoms with Gasteiger partial charge in [0.25, 0.3) is 0 Å². The highest BCUT2D eigenvalue weighted by Crippen LogP contribution is 2.34. The number of hydrogen-bond acceptors (Lipinski definition) is 2. The third-order valence-corrected chi connectivity index (χ3v) is 5.38. The van der Waals surface area contributed by atoms with Gasteiger partial charge in [-0.2, -0.15) is 0 Å². The Morgan fingerprint density at radius 3 is 2.74 bits per heavy atom. The Hall–Kier alpha value is -0.350. The van der Waals surface area contributed by atoms with Crippen LogP contribution in [-0.2, 0) is 0 Å². The molecule has 0 bridgehead atoms. The minimum Gasteiger partial charge on any atom is -0.306 e. The van der Waals surface area contributed by atoms with Crippen LogP contribution in [0.2, 0.25) is 5.02 Å². The van der Waals surface area contributed by atoms with Gasteiger partial charge in [0.05, 0.1) is 6.04 Å². The highest BCUT2D eigenvalue weighted by Gasteiger charge is 2.17. The molecule has 0 amide bonds. The van der Waals surface area contributed by atoms with Crippen LogP contribution in [0.5, 0.6) is 0 Å². The van der Waals surface area contributed by atoms with Crippen LogP contribution in [0.3, 0.4) is 0 Å². The predicted octanol–water partition coefficient (Wildman–Crippen LogP) is 5.56. The number of aryl methyl sites for hydroxylation is 1. The molecule has 0 radical (unpaired) electrons. The normalized spacial score (nSPS) is 12.6. The third kappa shape index (κ3) is 3.82. The molecule has 2 rings (SSSR count). The molecule has 1 N–H and O–H groups in total. The van der Waals surface area contributed by atoms with Crippen molar-refractivity contribution in [1.29, 1.82) is 0 Å². The largest absolute Gasteiger partial charge is 0.306 e. The smallest absolute Gasteiger partial charge is 0.0672 e. The lowest BCUT2D eigenvalue weighted by atomic mass is 10.1. The van der Waals surface area contributed by atoms with Crippen molar-refractivity contribution >= 4 is 38.9 Å². The summed E-state index contributed by atoms with van der Waals surface area (Å²) in [6.45, 7) is 5.30. The maximum absolute atomic E-state index is 6.11. The van der Waals surface area contributed by atoms with Gasteiger partial charge in [-0.25, -0.2) is 0 Å². The van der Waals surface area contributed by atoms with Crippen molar-refractivity contribution in [3.63, 3.8) is 0 Å². The molecule has 1 nitrogen and oxygen atoms in total. The molecule has 19 heavy (non-hydrogen) atoms. The second-order valence-electron chi connectivity index (χ2n) is 4.50. The van der Waals surface area contributed by atoms with Crippen LogP contribution < -0.4 is 5.32 Å². The van der Waals surface area contributed by atoms with Gasteiger partial charge in [0, 0.05) is 19.2 Å². The van der Waals surface area contributed by atoms with E-state index >= 15 is 0 Å². The zero-order valence-corrected chi connectivity index (χ0v) is 14.2. The van der Waals surface area contributed by atoms with Gasteiger partial charge in [-0.1, -0.05) is 30.7 Å². The Kier molecular flexibility index (Phi) is 5.46. The van der Waals surface area contributed by atoms with Crippen molar-refractivity contribution in [1.82, 2.24) is 5.32 Å². The summed E-state index contributed by atoms with van der Waals surface area (Å²) < 4.78 is 1.18. The third-order valence-electron chi connectivity index (χ3n) is 2.94. The van der Waals surface area contributed by atoms with Crippen LogP contribution in [0, 0.1) is 6.92 Å². The van der Waals surface area contributed by atoms with E-state index in [0.717, 1.165) is 18.0 Å². The molecule has 0 aliphatic rings. The molecule has 1 aromatic carbocycles. The Balaban J connectivity index is 2.35. The summed E-state index contributed by atoms with van der Waals surface area (Å²) in [5, 5.41) is 4.39. The fraction of sp³-hybridized carbons (Fsp3) is 0.333. The van der Waals surface area contributed by atoms with E-state index in [1.165, 1.54) is 19.8 Å². The van der Waals surface area contributed by atoms with Crippen molar-refractivity contribution < 1.29 is 0 Å². The lowest BCUT2D eigenvalue weighted by Gasteiger charge is -2.18. The Morgan fingerprint density at radius 1 is 1.37 bits per heavy atom. The van der Waals surface area contributed by atoms with Crippen LogP contribution in [0.1, 0.15) is 34.7 Å². The fourth-order valence-corrected chi connectivity index (χ4v) is 3.85. The van der Waals surface area contributed by atoms with Crippen LogP contribution in [0.15, 0.2) is 34.8 Å². The molecule has 1 heterocycles. The second-order valence-corrected chi connectivity index (χ2v) is 7.07. The topological polar surface area (TPSA) is 12.0 Å².